The number of amides is 1. The average molecular weight is 421 g/mol. The number of hydrogen-bond donors (Lipinski definition) is 3. The number of H-pyrrole nitrogens is 2. The van der Waals surface area contributed by atoms with Crippen LogP contribution in [0.2, 0.25) is 0 Å². The maximum Gasteiger partial charge on any atom is 0.269 e. The lowest BCUT2D eigenvalue weighted by Gasteiger charge is -2.04. The Kier molecular flexibility index (Phi) is 5.44. The summed E-state index contributed by atoms with van der Waals surface area (Å²) in [7, 11) is 0. The number of hydrogen-bond acceptors (Lipinski definition) is 4. The molecule has 7 nitrogen and oxygen atoms in total. The number of halogens is 1. The van der Waals surface area contributed by atoms with E-state index in [1.165, 1.54) is 0 Å². The van der Waals surface area contributed by atoms with Gasteiger partial charge in [-0.05, 0) is 37.3 Å². The molecular formula is C16H17BrN6OS. The highest BCUT2D eigenvalue weighted by molar-refractivity contribution is 9.10. The van der Waals surface area contributed by atoms with E-state index in [-0.39, 0.29) is 5.91 Å². The third-order valence-electron chi connectivity index (χ3n) is 3.75. The van der Waals surface area contributed by atoms with Crippen molar-refractivity contribution in [2.24, 2.45) is 0 Å². The molecule has 0 radical (unpaired) electrons. The maximum atomic E-state index is 12.2. The van der Waals surface area contributed by atoms with Gasteiger partial charge in [-0.2, -0.15) is 10.2 Å². The van der Waals surface area contributed by atoms with E-state index in [4.69, 9.17) is 12.2 Å². The van der Waals surface area contributed by atoms with Crippen molar-refractivity contribution < 1.29 is 4.79 Å². The molecular weight excluding hydrogens is 404 g/mol. The van der Waals surface area contributed by atoms with Crippen LogP contribution >= 0.6 is 28.1 Å². The van der Waals surface area contributed by atoms with Crippen molar-refractivity contribution in [2.75, 3.05) is 6.54 Å². The van der Waals surface area contributed by atoms with Crippen LogP contribution in [0.3, 0.4) is 0 Å². The maximum absolute atomic E-state index is 12.2. The highest BCUT2D eigenvalue weighted by atomic mass is 79.9. The molecule has 3 N–H and O–H groups in total. The van der Waals surface area contributed by atoms with Crippen LogP contribution in [0, 0.1) is 4.77 Å². The number of aromatic nitrogens is 5. The van der Waals surface area contributed by atoms with Gasteiger partial charge in [-0.15, -0.1) is 0 Å². The molecule has 25 heavy (non-hydrogen) atoms. The van der Waals surface area contributed by atoms with Gasteiger partial charge in [-0.3, -0.25) is 15.0 Å². The van der Waals surface area contributed by atoms with Gasteiger partial charge in [0.15, 0.2) is 4.77 Å². The van der Waals surface area contributed by atoms with Gasteiger partial charge in [0.25, 0.3) is 5.91 Å². The number of nitrogens with zero attached hydrogens (tertiary/aromatic N) is 3. The zero-order chi connectivity index (χ0) is 17.8. The predicted octanol–water partition coefficient (Wildman–Crippen LogP) is 3.09. The quantitative estimate of drug-likeness (QED) is 0.534. The van der Waals surface area contributed by atoms with E-state index in [9.17, 15) is 4.79 Å². The lowest BCUT2D eigenvalue weighted by Crippen LogP contribution is -2.26. The zero-order valence-corrected chi connectivity index (χ0v) is 15.9. The number of nitrogens with one attached hydrogen (secondary N) is 3. The van der Waals surface area contributed by atoms with Gasteiger partial charge < -0.3 is 9.88 Å². The molecule has 9 heteroatoms. The van der Waals surface area contributed by atoms with E-state index >= 15 is 0 Å². The fourth-order valence-electron chi connectivity index (χ4n) is 2.46. The molecule has 130 valence electrons. The van der Waals surface area contributed by atoms with Crippen molar-refractivity contribution in [3.63, 3.8) is 0 Å². The summed E-state index contributed by atoms with van der Waals surface area (Å²) in [6.07, 6.45) is 0.598. The monoisotopic (exact) mass is 420 g/mol. The average Bonchev–Trinajstić information content (AvgIpc) is 3.22. The van der Waals surface area contributed by atoms with E-state index in [0.717, 1.165) is 28.1 Å². The van der Waals surface area contributed by atoms with Crippen molar-refractivity contribution in [3.8, 4) is 11.3 Å². The first-order valence-electron chi connectivity index (χ1n) is 7.82. The first-order valence-corrected chi connectivity index (χ1v) is 9.02. The molecule has 0 saturated heterocycles. The molecule has 0 saturated carbocycles. The Hall–Kier alpha value is -2.26. The minimum atomic E-state index is -0.201. The topological polar surface area (TPSA) is 91.4 Å². The molecule has 3 rings (SSSR count). The molecule has 2 heterocycles. The van der Waals surface area contributed by atoms with Crippen LogP contribution in [0.15, 0.2) is 34.8 Å². The molecule has 2 aromatic heterocycles. The first kappa shape index (κ1) is 17.6. The molecule has 0 spiro atoms. The second-order valence-electron chi connectivity index (χ2n) is 5.37. The van der Waals surface area contributed by atoms with Crippen molar-refractivity contribution >= 4 is 34.1 Å². The Morgan fingerprint density at radius 2 is 2.04 bits per heavy atom. The third-order valence-corrected chi connectivity index (χ3v) is 4.59. The Labute approximate surface area is 158 Å². The SMILES string of the molecule is CCn1c(CCNC(=O)c2cc(-c3ccc(Br)cc3)n[nH]2)n[nH]c1=S. The highest BCUT2D eigenvalue weighted by Gasteiger charge is 2.11. The normalized spacial score (nSPS) is 10.8. The van der Waals surface area contributed by atoms with Crippen LogP contribution in [0.25, 0.3) is 11.3 Å². The lowest BCUT2D eigenvalue weighted by atomic mass is 10.1. The summed E-state index contributed by atoms with van der Waals surface area (Å²) < 4.78 is 3.50. The van der Waals surface area contributed by atoms with E-state index in [2.05, 4.69) is 41.6 Å². The fourth-order valence-corrected chi connectivity index (χ4v) is 3.00. The molecule has 0 aliphatic rings. The highest BCUT2D eigenvalue weighted by Crippen LogP contribution is 2.20. The van der Waals surface area contributed by atoms with Crippen molar-refractivity contribution in [1.82, 2.24) is 30.3 Å². The molecule has 0 bridgehead atoms. The Morgan fingerprint density at radius 3 is 2.76 bits per heavy atom. The minimum absolute atomic E-state index is 0.201. The molecule has 1 amide bonds. The zero-order valence-electron chi connectivity index (χ0n) is 13.5. The summed E-state index contributed by atoms with van der Waals surface area (Å²) >= 11 is 8.55. The minimum Gasteiger partial charge on any atom is -0.350 e. The van der Waals surface area contributed by atoms with Crippen molar-refractivity contribution in [2.45, 2.75) is 19.9 Å². The largest absolute Gasteiger partial charge is 0.350 e. The summed E-state index contributed by atoms with van der Waals surface area (Å²) in [6.45, 7) is 3.21. The van der Waals surface area contributed by atoms with Crippen LogP contribution in [-0.4, -0.2) is 37.4 Å². The van der Waals surface area contributed by atoms with E-state index in [0.29, 0.717) is 23.4 Å². The summed E-state index contributed by atoms with van der Waals surface area (Å²) in [4.78, 5) is 12.2. The van der Waals surface area contributed by atoms with E-state index < -0.39 is 0 Å². The summed E-state index contributed by atoms with van der Waals surface area (Å²) in [5.74, 6) is 0.626. The van der Waals surface area contributed by atoms with Gasteiger partial charge in [-0.1, -0.05) is 28.1 Å². The van der Waals surface area contributed by atoms with Crippen LogP contribution in [0.5, 0.6) is 0 Å². The summed E-state index contributed by atoms with van der Waals surface area (Å²) in [5, 5.41) is 16.8. The molecule has 1 aromatic carbocycles. The smallest absolute Gasteiger partial charge is 0.269 e. The molecule has 0 aliphatic carbocycles. The van der Waals surface area contributed by atoms with Crippen LogP contribution in [-0.2, 0) is 13.0 Å². The van der Waals surface area contributed by atoms with Crippen LogP contribution in [0.1, 0.15) is 23.2 Å². The van der Waals surface area contributed by atoms with Crippen LogP contribution < -0.4 is 5.32 Å². The first-order chi connectivity index (χ1) is 12.1. The van der Waals surface area contributed by atoms with E-state index in [1.807, 2.05) is 35.8 Å². The fraction of sp³-hybridized carbons (Fsp3) is 0.250. The van der Waals surface area contributed by atoms with Crippen molar-refractivity contribution in [1.29, 1.82) is 0 Å². The Bertz CT molecular complexity index is 927. The number of carbonyl (C=O) groups excluding carboxylic acids is 1. The number of carbonyl (C=O) groups is 1. The van der Waals surface area contributed by atoms with Gasteiger partial charge in [0, 0.05) is 29.5 Å². The summed E-state index contributed by atoms with van der Waals surface area (Å²) in [5.41, 5.74) is 2.09. The van der Waals surface area contributed by atoms with Gasteiger partial charge in [0.2, 0.25) is 0 Å². The predicted molar refractivity (Wildman–Crippen MR) is 101 cm³/mol. The third kappa shape index (κ3) is 4.05. The van der Waals surface area contributed by atoms with Gasteiger partial charge >= 0.3 is 0 Å². The lowest BCUT2D eigenvalue weighted by molar-refractivity contribution is 0.0949. The molecule has 0 aliphatic heterocycles. The van der Waals surface area contributed by atoms with Gasteiger partial charge in [-0.25, -0.2) is 0 Å². The van der Waals surface area contributed by atoms with Crippen molar-refractivity contribution in [3.05, 3.63) is 51.1 Å². The number of aromatic amines is 2. The Balaban J connectivity index is 1.60. The number of benzene rings is 1. The van der Waals surface area contributed by atoms with Crippen LogP contribution in [0.4, 0.5) is 0 Å². The summed E-state index contributed by atoms with van der Waals surface area (Å²) in [6, 6.07) is 9.49. The number of rotatable bonds is 6. The molecule has 0 unspecified atom stereocenters. The molecule has 3 aromatic rings. The van der Waals surface area contributed by atoms with Gasteiger partial charge in [0.05, 0.1) is 5.69 Å². The van der Waals surface area contributed by atoms with Gasteiger partial charge in [0.1, 0.15) is 11.5 Å². The standard InChI is InChI=1S/C16H17BrN6OS/c1-2-23-14(21-22-16(23)25)7-8-18-15(24)13-9-12(19-20-13)10-3-5-11(17)6-4-10/h3-6,9H,2,7-8H2,1H3,(H,18,24)(H,19,20)(H,22,25). The molecule has 0 fully saturated rings. The molecule has 0 atom stereocenters. The second kappa shape index (κ2) is 7.75. The van der Waals surface area contributed by atoms with E-state index in [1.54, 1.807) is 6.07 Å². The Morgan fingerprint density at radius 1 is 1.28 bits per heavy atom. The second-order valence-corrected chi connectivity index (χ2v) is 6.67.